The topological polar surface area (TPSA) is 93.9 Å². The summed E-state index contributed by atoms with van der Waals surface area (Å²) in [5.41, 5.74) is 0.278. The second-order valence-corrected chi connectivity index (χ2v) is 10.1. The number of hydrogen-bond donors (Lipinski definition) is 0. The predicted octanol–water partition coefficient (Wildman–Crippen LogP) is 6.99. The third kappa shape index (κ3) is 5.71. The lowest BCUT2D eigenvalue weighted by atomic mass is 9.93. The van der Waals surface area contributed by atoms with Crippen LogP contribution in [0.25, 0.3) is 5.69 Å². The quantitative estimate of drug-likeness (QED) is 0.162. The van der Waals surface area contributed by atoms with Gasteiger partial charge in [-0.15, -0.1) is 8.78 Å². The summed E-state index contributed by atoms with van der Waals surface area (Å²) in [7, 11) is 1.26. The maximum absolute atomic E-state index is 14.1. The zero-order chi connectivity index (χ0) is 31.2. The third-order valence-electron chi connectivity index (χ3n) is 7.20. The molecule has 0 N–H and O–H groups in total. The molecule has 44 heavy (non-hydrogen) atoms. The first-order valence-electron chi connectivity index (χ1n) is 13.5. The minimum atomic E-state index is -4.71. The van der Waals surface area contributed by atoms with Gasteiger partial charge in [-0.2, -0.15) is 18.3 Å². The zero-order valence-electron chi connectivity index (χ0n) is 23.2. The van der Waals surface area contributed by atoms with Gasteiger partial charge in [-0.05, 0) is 74.2 Å². The van der Waals surface area contributed by atoms with E-state index in [0.29, 0.717) is 29.7 Å². The molecular weight excluding hydrogens is 593 g/mol. The van der Waals surface area contributed by atoms with Crippen LogP contribution in [0.15, 0.2) is 60.8 Å². The maximum Gasteiger partial charge on any atom is 0.586 e. The Morgan fingerprint density at radius 1 is 1.07 bits per heavy atom. The maximum atomic E-state index is 14.1. The first-order chi connectivity index (χ1) is 20.9. The Kier molecular flexibility index (Phi) is 7.30. The number of alkyl halides is 5. The van der Waals surface area contributed by atoms with Gasteiger partial charge in [0, 0.05) is 17.8 Å². The Hall–Kier alpha value is -4.88. The Labute approximate surface area is 247 Å². The van der Waals surface area contributed by atoms with Crippen LogP contribution in [0.2, 0.25) is 0 Å². The third-order valence-corrected chi connectivity index (χ3v) is 7.20. The van der Waals surface area contributed by atoms with Crippen LogP contribution < -0.4 is 18.9 Å². The fourth-order valence-corrected chi connectivity index (χ4v) is 5.20. The lowest BCUT2D eigenvalue weighted by Gasteiger charge is -2.26. The Morgan fingerprint density at radius 2 is 1.82 bits per heavy atom. The number of carbonyl (C=O) groups is 1. The van der Waals surface area contributed by atoms with Gasteiger partial charge in [0.05, 0.1) is 24.1 Å². The van der Waals surface area contributed by atoms with Crippen molar-refractivity contribution in [2.24, 2.45) is 0 Å². The van der Waals surface area contributed by atoms with Crippen molar-refractivity contribution >= 4 is 5.97 Å². The highest BCUT2D eigenvalue weighted by atomic mass is 19.4. The first-order valence-corrected chi connectivity index (χ1v) is 13.5. The molecule has 230 valence electrons. The number of fused-ring (bicyclic) bond motifs is 2. The van der Waals surface area contributed by atoms with Crippen LogP contribution in [0.3, 0.4) is 0 Å². The smallest absolute Gasteiger partial charge is 0.484 e. The molecule has 0 spiro atoms. The van der Waals surface area contributed by atoms with Crippen molar-refractivity contribution in [2.75, 3.05) is 7.11 Å². The summed E-state index contributed by atoms with van der Waals surface area (Å²) >= 11 is 0. The monoisotopic (exact) mass is 617 g/mol. The second-order valence-electron chi connectivity index (χ2n) is 10.1. The molecule has 4 aromatic rings. The molecule has 2 aromatic carbocycles. The van der Waals surface area contributed by atoms with Crippen LogP contribution in [-0.2, 0) is 17.3 Å². The molecule has 0 saturated carbocycles. The standard InChI is InChI=1S/C30H24F5N3O6/c1-16(18-8-11-22-24(14-18)44-30(34,35)43-22)41-25-15-19(12-13-36-25)38-26-21(27(37-38)29(31,32)33)4-3-5-23(26)42-20-9-6-17(7-10-20)28(39)40-2/h6-16,23H,3-5H2,1-2H3/t16?,23-/m0/s1. The molecule has 2 atom stereocenters. The zero-order valence-corrected chi connectivity index (χ0v) is 23.2. The van der Waals surface area contributed by atoms with Crippen molar-refractivity contribution in [3.63, 3.8) is 0 Å². The van der Waals surface area contributed by atoms with Gasteiger partial charge < -0.3 is 23.7 Å². The minimum absolute atomic E-state index is 0.0322. The van der Waals surface area contributed by atoms with Crippen LogP contribution in [0.5, 0.6) is 23.1 Å². The van der Waals surface area contributed by atoms with E-state index in [-0.39, 0.29) is 40.7 Å². The Morgan fingerprint density at radius 3 is 2.55 bits per heavy atom. The number of methoxy groups -OCH3 is 1. The van der Waals surface area contributed by atoms with Gasteiger partial charge in [-0.1, -0.05) is 6.07 Å². The fraction of sp³-hybridized carbons (Fsp3) is 0.300. The summed E-state index contributed by atoms with van der Waals surface area (Å²) in [6.45, 7) is 1.65. The molecule has 0 fully saturated rings. The largest absolute Gasteiger partial charge is 0.586 e. The van der Waals surface area contributed by atoms with Crippen LogP contribution in [0.4, 0.5) is 22.0 Å². The Balaban J connectivity index is 1.30. The van der Waals surface area contributed by atoms with Crippen molar-refractivity contribution < 1.29 is 50.4 Å². The van der Waals surface area contributed by atoms with Crippen LogP contribution in [0, 0.1) is 0 Å². The highest BCUT2D eigenvalue weighted by Gasteiger charge is 2.44. The molecule has 9 nitrogen and oxygen atoms in total. The van der Waals surface area contributed by atoms with Gasteiger partial charge in [0.2, 0.25) is 5.88 Å². The molecule has 0 amide bonds. The number of pyridine rings is 1. The van der Waals surface area contributed by atoms with E-state index in [1.807, 2.05) is 0 Å². The fourth-order valence-electron chi connectivity index (χ4n) is 5.20. The second kappa shape index (κ2) is 11.0. The lowest BCUT2D eigenvalue weighted by Crippen LogP contribution is -2.25. The molecule has 2 aliphatic rings. The summed E-state index contributed by atoms with van der Waals surface area (Å²) < 4.78 is 96.1. The molecule has 1 unspecified atom stereocenters. The van der Waals surface area contributed by atoms with Crippen molar-refractivity contribution in [2.45, 2.75) is 50.9 Å². The number of benzene rings is 2. The minimum Gasteiger partial charge on any atom is -0.484 e. The number of hydrogen-bond acceptors (Lipinski definition) is 8. The van der Waals surface area contributed by atoms with Gasteiger partial charge in [-0.3, -0.25) is 0 Å². The molecule has 1 aliphatic heterocycles. The Bertz CT molecular complexity index is 1710. The van der Waals surface area contributed by atoms with E-state index in [2.05, 4.69) is 19.6 Å². The van der Waals surface area contributed by atoms with E-state index >= 15 is 0 Å². The van der Waals surface area contributed by atoms with E-state index in [9.17, 15) is 26.7 Å². The van der Waals surface area contributed by atoms with Crippen molar-refractivity contribution in [1.82, 2.24) is 14.8 Å². The highest BCUT2D eigenvalue weighted by molar-refractivity contribution is 5.89. The first kappa shape index (κ1) is 29.2. The number of halogens is 5. The van der Waals surface area contributed by atoms with E-state index in [0.717, 1.165) is 0 Å². The molecule has 6 rings (SSSR count). The van der Waals surface area contributed by atoms with Gasteiger partial charge in [0.15, 0.2) is 17.2 Å². The van der Waals surface area contributed by atoms with Gasteiger partial charge in [0.1, 0.15) is 18.0 Å². The van der Waals surface area contributed by atoms with Crippen molar-refractivity contribution in [1.29, 1.82) is 0 Å². The summed E-state index contributed by atoms with van der Waals surface area (Å²) in [5, 5.41) is 3.97. The van der Waals surface area contributed by atoms with Gasteiger partial charge >= 0.3 is 18.4 Å². The number of ether oxygens (including phenoxy) is 5. The summed E-state index contributed by atoms with van der Waals surface area (Å²) in [4.78, 5) is 16.0. The van der Waals surface area contributed by atoms with Crippen molar-refractivity contribution in [3.05, 3.63) is 88.9 Å². The molecule has 0 bridgehead atoms. The normalized spacial score (nSPS) is 17.5. The number of rotatable bonds is 7. The average molecular weight is 618 g/mol. The molecule has 1 aliphatic carbocycles. The van der Waals surface area contributed by atoms with Crippen LogP contribution in [-0.4, -0.2) is 34.1 Å². The highest BCUT2D eigenvalue weighted by Crippen LogP contribution is 2.44. The van der Waals surface area contributed by atoms with E-state index in [4.69, 9.17) is 14.2 Å². The predicted molar refractivity (Wildman–Crippen MR) is 142 cm³/mol. The number of carbonyl (C=O) groups excluding carboxylic acids is 1. The van der Waals surface area contributed by atoms with Gasteiger partial charge in [-0.25, -0.2) is 14.5 Å². The molecule has 3 heterocycles. The molecule has 0 radical (unpaired) electrons. The SMILES string of the molecule is COC(=O)c1ccc(O[C@H]2CCCc3c(C(F)(F)F)nn(-c4ccnc(OC(C)c5ccc6c(c5)OC(F)(F)O6)c4)c32)cc1. The van der Waals surface area contributed by atoms with E-state index in [1.165, 1.54) is 60.5 Å². The summed E-state index contributed by atoms with van der Waals surface area (Å²) in [6.07, 6.45) is -7.59. The summed E-state index contributed by atoms with van der Waals surface area (Å²) in [6, 6.07) is 13.2. The molecule has 2 aromatic heterocycles. The number of aromatic nitrogens is 3. The van der Waals surface area contributed by atoms with Crippen molar-refractivity contribution in [3.8, 4) is 28.8 Å². The van der Waals surface area contributed by atoms with Crippen LogP contribution >= 0.6 is 0 Å². The molecular formula is C30H24F5N3O6. The molecule has 14 heteroatoms. The summed E-state index contributed by atoms with van der Waals surface area (Å²) in [5.74, 6) is -0.396. The lowest BCUT2D eigenvalue weighted by molar-refractivity contribution is -0.286. The van der Waals surface area contributed by atoms with Crippen LogP contribution in [0.1, 0.15) is 64.8 Å². The van der Waals surface area contributed by atoms with E-state index < -0.39 is 36.3 Å². The van der Waals surface area contributed by atoms with E-state index in [1.54, 1.807) is 19.1 Å². The average Bonchev–Trinajstić information content (AvgIpc) is 3.54. The number of nitrogens with zero attached hydrogens (tertiary/aromatic N) is 3. The molecule has 0 saturated heterocycles. The number of esters is 1. The van der Waals surface area contributed by atoms with Gasteiger partial charge in [0.25, 0.3) is 0 Å².